The summed E-state index contributed by atoms with van der Waals surface area (Å²) in [5.41, 5.74) is 4.94. The van der Waals surface area contributed by atoms with Gasteiger partial charge in [-0.2, -0.15) is 0 Å². The van der Waals surface area contributed by atoms with Crippen molar-refractivity contribution in [3.05, 3.63) is 81.5 Å². The Kier molecular flexibility index (Phi) is 7.09. The molecule has 156 valence electrons. The maximum Gasteiger partial charge on any atom is 0.269 e. The second-order valence-corrected chi connectivity index (χ2v) is 9.32. The Balaban J connectivity index is 1.62. The number of carbonyl (C=O) groups excluding carboxylic acids is 2. The molecule has 0 radical (unpaired) electrons. The summed E-state index contributed by atoms with van der Waals surface area (Å²) in [4.78, 5) is 25.2. The number of hydrogen-bond acceptors (Lipinski definition) is 5. The highest BCUT2D eigenvalue weighted by Crippen LogP contribution is 2.24. The second kappa shape index (κ2) is 9.75. The summed E-state index contributed by atoms with van der Waals surface area (Å²) < 4.78 is 27.6. The average Bonchev–Trinajstić information content (AvgIpc) is 3.26. The molecule has 3 aromatic rings. The van der Waals surface area contributed by atoms with Crippen molar-refractivity contribution in [2.24, 2.45) is 0 Å². The van der Waals surface area contributed by atoms with Crippen molar-refractivity contribution in [1.29, 1.82) is 0 Å². The topological polar surface area (TPSA) is 104 Å². The normalized spacial score (nSPS) is 11.0. The summed E-state index contributed by atoms with van der Waals surface area (Å²) >= 11 is 7.55. The highest BCUT2D eigenvalue weighted by atomic mass is 35.5. The molecule has 3 N–H and O–H groups in total. The number of thiophene rings is 1. The Labute approximate surface area is 183 Å². The largest absolute Gasteiger partial charge is 0.278 e. The number of anilines is 1. The monoisotopic (exact) mass is 463 g/mol. The highest BCUT2D eigenvalue weighted by molar-refractivity contribution is 7.92. The number of para-hydroxylation sites is 1. The maximum absolute atomic E-state index is 12.6. The molecule has 0 atom stereocenters. The number of rotatable bonds is 7. The fraction of sp³-hybridized carbons (Fsp3) is 0.100. The summed E-state index contributed by atoms with van der Waals surface area (Å²) in [6.07, 6.45) is 0.789. The van der Waals surface area contributed by atoms with Crippen LogP contribution in [0.25, 0.3) is 0 Å². The first-order valence-corrected chi connectivity index (χ1v) is 11.6. The van der Waals surface area contributed by atoms with E-state index in [1.54, 1.807) is 29.5 Å². The molecule has 2 aromatic carbocycles. The zero-order valence-corrected chi connectivity index (χ0v) is 18.0. The lowest BCUT2D eigenvalue weighted by atomic mass is 10.2. The number of halogens is 1. The van der Waals surface area contributed by atoms with Crippen LogP contribution in [0.1, 0.15) is 21.7 Å². The lowest BCUT2D eigenvalue weighted by molar-refractivity contribution is -0.121. The van der Waals surface area contributed by atoms with Gasteiger partial charge in [0, 0.05) is 16.9 Å². The number of benzene rings is 2. The van der Waals surface area contributed by atoms with Crippen LogP contribution in [0, 0.1) is 0 Å². The van der Waals surface area contributed by atoms with Gasteiger partial charge in [0.15, 0.2) is 0 Å². The third kappa shape index (κ3) is 5.82. The fourth-order valence-electron chi connectivity index (χ4n) is 2.50. The predicted octanol–water partition coefficient (Wildman–Crippen LogP) is 3.60. The van der Waals surface area contributed by atoms with Gasteiger partial charge >= 0.3 is 0 Å². The van der Waals surface area contributed by atoms with Gasteiger partial charge in [0.25, 0.3) is 15.9 Å². The van der Waals surface area contributed by atoms with Crippen LogP contribution in [0.3, 0.4) is 0 Å². The molecule has 10 heteroatoms. The van der Waals surface area contributed by atoms with E-state index in [1.807, 2.05) is 17.5 Å². The smallest absolute Gasteiger partial charge is 0.269 e. The minimum Gasteiger partial charge on any atom is -0.278 e. The van der Waals surface area contributed by atoms with Gasteiger partial charge in [-0.3, -0.25) is 25.2 Å². The molecule has 0 saturated carbocycles. The van der Waals surface area contributed by atoms with Gasteiger partial charge in [-0.15, -0.1) is 11.3 Å². The first kappa shape index (κ1) is 21.8. The molecule has 0 bridgehead atoms. The standard InChI is InChI=1S/C20H18ClN3O4S2/c21-17-8-1-2-9-18(17)24-30(27,28)16-7-3-5-14(13-16)20(26)23-22-19(25)11-10-15-6-4-12-29-15/h1-9,12-13,24H,10-11H2,(H,22,25)(H,23,26). The number of nitrogens with one attached hydrogen (secondary N) is 3. The molecule has 0 fully saturated rings. The molecule has 0 saturated heterocycles. The summed E-state index contributed by atoms with van der Waals surface area (Å²) in [7, 11) is -3.96. The van der Waals surface area contributed by atoms with E-state index in [9.17, 15) is 18.0 Å². The predicted molar refractivity (Wildman–Crippen MR) is 117 cm³/mol. The Morgan fingerprint density at radius 1 is 0.967 bits per heavy atom. The van der Waals surface area contributed by atoms with Gasteiger partial charge in [0.1, 0.15) is 0 Å². The van der Waals surface area contributed by atoms with Crippen molar-refractivity contribution in [3.63, 3.8) is 0 Å². The van der Waals surface area contributed by atoms with Crippen molar-refractivity contribution in [3.8, 4) is 0 Å². The average molecular weight is 464 g/mol. The molecular formula is C20H18ClN3O4S2. The summed E-state index contributed by atoms with van der Waals surface area (Å²) in [6.45, 7) is 0. The molecular weight excluding hydrogens is 446 g/mol. The van der Waals surface area contributed by atoms with E-state index in [0.717, 1.165) is 4.88 Å². The number of carbonyl (C=O) groups is 2. The summed E-state index contributed by atoms with van der Waals surface area (Å²) in [6, 6.07) is 15.7. The lowest BCUT2D eigenvalue weighted by Crippen LogP contribution is -2.41. The third-order valence-corrected chi connectivity index (χ3v) is 6.65. The molecule has 0 unspecified atom stereocenters. The van der Waals surface area contributed by atoms with Crippen molar-refractivity contribution < 1.29 is 18.0 Å². The molecule has 2 amide bonds. The van der Waals surface area contributed by atoms with E-state index in [4.69, 9.17) is 11.6 Å². The second-order valence-electron chi connectivity index (χ2n) is 6.19. The zero-order chi connectivity index (χ0) is 21.6. The van der Waals surface area contributed by atoms with Gasteiger partial charge in [0.05, 0.1) is 15.6 Å². The molecule has 0 spiro atoms. The molecule has 3 rings (SSSR count). The Morgan fingerprint density at radius 2 is 1.77 bits per heavy atom. The Hall–Kier alpha value is -2.88. The van der Waals surface area contributed by atoms with Gasteiger partial charge in [-0.05, 0) is 48.2 Å². The number of hydrogen-bond donors (Lipinski definition) is 3. The number of aryl methyl sites for hydroxylation is 1. The highest BCUT2D eigenvalue weighted by Gasteiger charge is 2.18. The molecule has 0 aliphatic heterocycles. The van der Waals surface area contributed by atoms with Crippen LogP contribution in [0.4, 0.5) is 5.69 Å². The molecule has 7 nitrogen and oxygen atoms in total. The number of hydrazine groups is 1. The van der Waals surface area contributed by atoms with Crippen LogP contribution in [0.15, 0.2) is 70.9 Å². The van der Waals surface area contributed by atoms with Crippen molar-refractivity contribution in [1.82, 2.24) is 10.9 Å². The number of amides is 2. The van der Waals surface area contributed by atoms with E-state index in [2.05, 4.69) is 15.6 Å². The van der Waals surface area contributed by atoms with E-state index in [-0.39, 0.29) is 33.5 Å². The molecule has 0 aliphatic carbocycles. The fourth-order valence-corrected chi connectivity index (χ4v) is 4.58. The maximum atomic E-state index is 12.6. The van der Waals surface area contributed by atoms with Crippen LogP contribution < -0.4 is 15.6 Å². The van der Waals surface area contributed by atoms with E-state index >= 15 is 0 Å². The lowest BCUT2D eigenvalue weighted by Gasteiger charge is -2.11. The van der Waals surface area contributed by atoms with Crippen LogP contribution in [0.5, 0.6) is 0 Å². The Bertz CT molecular complexity index is 1150. The third-order valence-electron chi connectivity index (χ3n) is 4.02. The van der Waals surface area contributed by atoms with Crippen molar-refractivity contribution >= 4 is 50.5 Å². The summed E-state index contributed by atoms with van der Waals surface area (Å²) in [5, 5.41) is 2.18. The summed E-state index contributed by atoms with van der Waals surface area (Å²) in [5.74, 6) is -0.977. The van der Waals surface area contributed by atoms with Crippen LogP contribution in [-0.2, 0) is 21.2 Å². The van der Waals surface area contributed by atoms with Gasteiger partial charge in [0.2, 0.25) is 5.91 Å². The van der Waals surface area contributed by atoms with Crippen LogP contribution >= 0.6 is 22.9 Å². The van der Waals surface area contributed by atoms with E-state index in [1.165, 1.54) is 30.3 Å². The minimum atomic E-state index is -3.96. The minimum absolute atomic E-state index is 0.0793. The number of sulfonamides is 1. The first-order valence-electron chi connectivity index (χ1n) is 8.84. The van der Waals surface area contributed by atoms with Gasteiger partial charge in [-0.25, -0.2) is 8.42 Å². The van der Waals surface area contributed by atoms with Crippen molar-refractivity contribution in [2.45, 2.75) is 17.7 Å². The van der Waals surface area contributed by atoms with E-state index < -0.39 is 15.9 Å². The quantitative estimate of drug-likeness (QED) is 0.465. The van der Waals surface area contributed by atoms with Gasteiger partial charge in [-0.1, -0.05) is 35.9 Å². The molecule has 1 aromatic heterocycles. The zero-order valence-electron chi connectivity index (χ0n) is 15.6. The first-order chi connectivity index (χ1) is 14.3. The van der Waals surface area contributed by atoms with Gasteiger partial charge < -0.3 is 0 Å². The molecule has 0 aliphatic rings. The SMILES string of the molecule is O=C(CCc1cccs1)NNC(=O)c1cccc(S(=O)(=O)Nc2ccccc2Cl)c1. The van der Waals surface area contributed by atoms with Crippen molar-refractivity contribution in [2.75, 3.05) is 4.72 Å². The molecule has 30 heavy (non-hydrogen) atoms. The molecule has 1 heterocycles. The van der Waals surface area contributed by atoms with Crippen LogP contribution in [0.2, 0.25) is 5.02 Å². The van der Waals surface area contributed by atoms with Crippen LogP contribution in [-0.4, -0.2) is 20.2 Å². The van der Waals surface area contributed by atoms with E-state index in [0.29, 0.717) is 6.42 Å². The Morgan fingerprint density at radius 3 is 2.50 bits per heavy atom.